The number of hydrogen-bond acceptors (Lipinski definition) is 4. The molecular weight excluding hydrogens is 330 g/mol. The van der Waals surface area contributed by atoms with Crippen molar-refractivity contribution < 1.29 is 9.84 Å². The molecule has 0 aliphatic carbocycles. The van der Waals surface area contributed by atoms with E-state index in [1.807, 2.05) is 55.1 Å². The smallest absolute Gasteiger partial charge is 0.191 e. The number of aromatic nitrogens is 2. The number of hydrogen-bond donors (Lipinski definition) is 3. The lowest BCUT2D eigenvalue weighted by Gasteiger charge is -2.14. The van der Waals surface area contributed by atoms with Crippen LogP contribution in [0.2, 0.25) is 0 Å². The molecule has 0 spiro atoms. The summed E-state index contributed by atoms with van der Waals surface area (Å²) < 4.78 is 7.51. The van der Waals surface area contributed by atoms with Crippen molar-refractivity contribution in [3.63, 3.8) is 0 Å². The number of aliphatic hydroxyl groups excluding tert-OH is 1. The first-order chi connectivity index (χ1) is 12.7. The Bertz CT molecular complexity index is 658. The number of benzene rings is 1. The molecule has 0 aliphatic rings. The maximum absolute atomic E-state index is 10.1. The first-order valence-corrected chi connectivity index (χ1v) is 9.04. The van der Waals surface area contributed by atoms with Crippen molar-refractivity contribution in [3.8, 4) is 5.75 Å². The molecule has 0 saturated heterocycles. The maximum Gasteiger partial charge on any atom is 0.191 e. The molecule has 1 atom stereocenters. The van der Waals surface area contributed by atoms with Crippen LogP contribution < -0.4 is 15.4 Å². The van der Waals surface area contributed by atoms with Crippen LogP contribution in [0.4, 0.5) is 0 Å². The van der Waals surface area contributed by atoms with Gasteiger partial charge >= 0.3 is 0 Å². The molecule has 3 N–H and O–H groups in total. The molecule has 0 amide bonds. The molecule has 142 valence electrons. The second-order valence-electron chi connectivity index (χ2n) is 6.05. The topological polar surface area (TPSA) is 83.7 Å². The Labute approximate surface area is 155 Å². The van der Waals surface area contributed by atoms with Gasteiger partial charge in [-0.25, -0.2) is 0 Å². The summed E-state index contributed by atoms with van der Waals surface area (Å²) in [7, 11) is 0. The van der Waals surface area contributed by atoms with Crippen molar-refractivity contribution >= 4 is 5.96 Å². The fourth-order valence-corrected chi connectivity index (χ4v) is 2.37. The molecule has 1 heterocycles. The van der Waals surface area contributed by atoms with Crippen LogP contribution in [0.1, 0.15) is 18.9 Å². The van der Waals surface area contributed by atoms with E-state index in [0.717, 1.165) is 37.4 Å². The molecular formula is C19H29N5O2. The van der Waals surface area contributed by atoms with Gasteiger partial charge < -0.3 is 20.5 Å². The minimum atomic E-state index is -0.657. The van der Waals surface area contributed by atoms with Gasteiger partial charge in [0.15, 0.2) is 5.96 Å². The zero-order chi connectivity index (χ0) is 18.6. The van der Waals surface area contributed by atoms with E-state index >= 15 is 0 Å². The van der Waals surface area contributed by atoms with E-state index in [0.29, 0.717) is 5.96 Å². The van der Waals surface area contributed by atoms with Crippen molar-refractivity contribution in [3.05, 3.63) is 48.3 Å². The minimum absolute atomic E-state index is 0.214. The molecule has 26 heavy (non-hydrogen) atoms. The van der Waals surface area contributed by atoms with Gasteiger partial charge in [0.1, 0.15) is 18.5 Å². The van der Waals surface area contributed by atoms with Crippen LogP contribution in [0.3, 0.4) is 0 Å². The molecule has 0 radical (unpaired) electrons. The lowest BCUT2D eigenvalue weighted by molar-refractivity contribution is 0.114. The highest BCUT2D eigenvalue weighted by Crippen LogP contribution is 2.12. The molecule has 1 unspecified atom stereocenters. The molecule has 0 saturated carbocycles. The Morgan fingerprint density at radius 2 is 2.23 bits per heavy atom. The Morgan fingerprint density at radius 1 is 1.35 bits per heavy atom. The standard InChI is InChI=1S/C19H29N5O2/c1-3-20-19(21-9-5-11-24-12-6-10-23-24)22-14-17(25)15-26-18-8-4-7-16(2)13-18/h4,6-8,10,12-13,17,25H,3,5,9,11,14-15H2,1-2H3,(H2,20,21,22). The Kier molecular flexibility index (Phi) is 8.48. The molecule has 0 aliphatic heterocycles. The molecule has 7 nitrogen and oxygen atoms in total. The van der Waals surface area contributed by atoms with Gasteiger partial charge in [-0.05, 0) is 44.0 Å². The normalized spacial score (nSPS) is 12.7. The van der Waals surface area contributed by atoms with Crippen molar-refractivity contribution in [1.29, 1.82) is 0 Å². The molecule has 2 aromatic rings. The predicted octanol–water partition coefficient (Wildman–Crippen LogP) is 1.58. The number of ether oxygens (including phenoxy) is 1. The van der Waals surface area contributed by atoms with E-state index in [-0.39, 0.29) is 13.2 Å². The highest BCUT2D eigenvalue weighted by atomic mass is 16.5. The lowest BCUT2D eigenvalue weighted by atomic mass is 10.2. The zero-order valence-corrected chi connectivity index (χ0v) is 15.6. The third-order valence-electron chi connectivity index (χ3n) is 3.65. The summed E-state index contributed by atoms with van der Waals surface area (Å²) in [6.45, 7) is 6.91. The van der Waals surface area contributed by atoms with E-state index in [1.54, 1.807) is 6.20 Å². The number of guanidine groups is 1. The summed E-state index contributed by atoms with van der Waals surface area (Å²) in [5.41, 5.74) is 1.13. The predicted molar refractivity (Wildman–Crippen MR) is 104 cm³/mol. The molecule has 1 aromatic carbocycles. The van der Waals surface area contributed by atoms with Crippen molar-refractivity contribution in [1.82, 2.24) is 20.4 Å². The number of nitrogens with one attached hydrogen (secondary N) is 2. The van der Waals surface area contributed by atoms with Gasteiger partial charge in [-0.15, -0.1) is 0 Å². The first kappa shape index (κ1) is 19.8. The number of aryl methyl sites for hydroxylation is 2. The summed E-state index contributed by atoms with van der Waals surface area (Å²) in [4.78, 5) is 4.42. The molecule has 0 bridgehead atoms. The van der Waals surface area contributed by atoms with E-state index in [2.05, 4.69) is 20.7 Å². The lowest BCUT2D eigenvalue weighted by Crippen LogP contribution is -2.39. The van der Waals surface area contributed by atoms with Crippen LogP contribution in [0, 0.1) is 6.92 Å². The quantitative estimate of drug-likeness (QED) is 0.341. The van der Waals surface area contributed by atoms with Gasteiger partial charge in [-0.2, -0.15) is 5.10 Å². The summed E-state index contributed by atoms with van der Waals surface area (Å²) in [5.74, 6) is 1.46. The number of nitrogens with zero attached hydrogens (tertiary/aromatic N) is 3. The summed E-state index contributed by atoms with van der Waals surface area (Å²) in [6, 6.07) is 9.69. The first-order valence-electron chi connectivity index (χ1n) is 9.04. The average Bonchev–Trinajstić information content (AvgIpc) is 3.15. The minimum Gasteiger partial charge on any atom is -0.491 e. The largest absolute Gasteiger partial charge is 0.491 e. The van der Waals surface area contributed by atoms with Crippen LogP contribution in [0.5, 0.6) is 5.75 Å². The van der Waals surface area contributed by atoms with Crippen LogP contribution >= 0.6 is 0 Å². The van der Waals surface area contributed by atoms with Crippen molar-refractivity contribution in [2.24, 2.45) is 4.99 Å². The zero-order valence-electron chi connectivity index (χ0n) is 15.6. The Balaban J connectivity index is 1.70. The fraction of sp³-hybridized carbons (Fsp3) is 0.474. The van der Waals surface area contributed by atoms with Gasteiger partial charge in [-0.3, -0.25) is 9.67 Å². The second kappa shape index (κ2) is 11.1. The Morgan fingerprint density at radius 3 is 2.96 bits per heavy atom. The van der Waals surface area contributed by atoms with Gasteiger partial charge in [0.2, 0.25) is 0 Å². The van der Waals surface area contributed by atoms with E-state index < -0.39 is 6.10 Å². The SMILES string of the molecule is CCNC(=NCC(O)COc1cccc(C)c1)NCCCn1cccn1. The molecule has 7 heteroatoms. The highest BCUT2D eigenvalue weighted by Gasteiger charge is 2.06. The van der Waals surface area contributed by atoms with Crippen LogP contribution in [0.15, 0.2) is 47.7 Å². The number of rotatable bonds is 10. The van der Waals surface area contributed by atoms with Gasteiger partial charge in [0, 0.05) is 32.0 Å². The average molecular weight is 359 g/mol. The molecule has 1 aromatic heterocycles. The molecule has 2 rings (SSSR count). The monoisotopic (exact) mass is 359 g/mol. The van der Waals surface area contributed by atoms with Crippen LogP contribution in [-0.4, -0.2) is 53.2 Å². The highest BCUT2D eigenvalue weighted by molar-refractivity contribution is 5.79. The van der Waals surface area contributed by atoms with Crippen molar-refractivity contribution in [2.45, 2.75) is 32.9 Å². The van der Waals surface area contributed by atoms with Crippen molar-refractivity contribution in [2.75, 3.05) is 26.2 Å². The van der Waals surface area contributed by atoms with E-state index in [1.165, 1.54) is 0 Å². The van der Waals surface area contributed by atoms with E-state index in [9.17, 15) is 5.11 Å². The van der Waals surface area contributed by atoms with Crippen LogP contribution in [0.25, 0.3) is 0 Å². The second-order valence-corrected chi connectivity index (χ2v) is 6.05. The summed E-state index contributed by atoms with van der Waals surface area (Å²) >= 11 is 0. The number of aliphatic imine (C=N–C) groups is 1. The van der Waals surface area contributed by atoms with Crippen LogP contribution in [-0.2, 0) is 6.54 Å². The third-order valence-corrected chi connectivity index (χ3v) is 3.65. The van der Waals surface area contributed by atoms with Gasteiger partial charge in [-0.1, -0.05) is 12.1 Å². The van der Waals surface area contributed by atoms with Gasteiger partial charge in [0.25, 0.3) is 0 Å². The maximum atomic E-state index is 10.1. The van der Waals surface area contributed by atoms with Gasteiger partial charge in [0.05, 0.1) is 6.54 Å². The fourth-order valence-electron chi connectivity index (χ4n) is 2.37. The summed E-state index contributed by atoms with van der Waals surface area (Å²) in [5, 5.41) is 20.7. The number of aliphatic hydroxyl groups is 1. The Hall–Kier alpha value is -2.54. The summed E-state index contributed by atoms with van der Waals surface area (Å²) in [6.07, 6.45) is 4.00. The third kappa shape index (κ3) is 7.57. The van der Waals surface area contributed by atoms with E-state index in [4.69, 9.17) is 4.74 Å². The molecule has 0 fully saturated rings.